The van der Waals surface area contributed by atoms with E-state index in [0.29, 0.717) is 17.7 Å². The Morgan fingerprint density at radius 3 is 2.73 bits per heavy atom. The zero-order valence-electron chi connectivity index (χ0n) is 8.57. The number of hydrogen-bond acceptors (Lipinski definition) is 5. The van der Waals surface area contributed by atoms with Crippen LogP contribution in [0.2, 0.25) is 0 Å². The van der Waals surface area contributed by atoms with E-state index in [0.717, 1.165) is 0 Å². The molecule has 0 aliphatic carbocycles. The van der Waals surface area contributed by atoms with Gasteiger partial charge in [-0.3, -0.25) is 0 Å². The third-order valence-corrected chi connectivity index (χ3v) is 1.91. The van der Waals surface area contributed by atoms with Gasteiger partial charge in [0.2, 0.25) is 0 Å². The Bertz CT molecular complexity index is 385. The number of phenolic OH excluding ortho intramolecular Hbond substituents is 1. The average Bonchev–Trinajstić information content (AvgIpc) is 2.27. The van der Waals surface area contributed by atoms with Crippen LogP contribution in [-0.2, 0) is 11.4 Å². The van der Waals surface area contributed by atoms with E-state index < -0.39 is 0 Å². The standard InChI is InChI=1S/C10H12N2O3/c1-14-9-4-7(5-11)3-8(10(9)13)6-12-15-2/h3-4,12-13H,6H2,1-2H3. The van der Waals surface area contributed by atoms with Gasteiger partial charge in [0.15, 0.2) is 11.5 Å². The molecule has 1 aromatic carbocycles. The quantitative estimate of drug-likeness (QED) is 0.720. The second-order valence-electron chi connectivity index (χ2n) is 2.82. The summed E-state index contributed by atoms with van der Waals surface area (Å²) in [7, 11) is 2.91. The summed E-state index contributed by atoms with van der Waals surface area (Å²) in [5, 5.41) is 18.5. The van der Waals surface area contributed by atoms with E-state index in [2.05, 4.69) is 10.3 Å². The van der Waals surface area contributed by atoms with E-state index in [-0.39, 0.29) is 11.5 Å². The normalized spacial score (nSPS) is 9.67. The number of hydrogen-bond donors (Lipinski definition) is 2. The summed E-state index contributed by atoms with van der Waals surface area (Å²) in [6.07, 6.45) is 0. The van der Waals surface area contributed by atoms with Gasteiger partial charge in [-0.2, -0.15) is 10.7 Å². The van der Waals surface area contributed by atoms with E-state index in [1.807, 2.05) is 6.07 Å². The Hall–Kier alpha value is -1.77. The molecule has 0 fully saturated rings. The minimum atomic E-state index is 0.0149. The van der Waals surface area contributed by atoms with Gasteiger partial charge in [0.1, 0.15) is 0 Å². The second kappa shape index (κ2) is 5.20. The monoisotopic (exact) mass is 208 g/mol. The number of benzene rings is 1. The molecule has 15 heavy (non-hydrogen) atoms. The van der Waals surface area contributed by atoms with Crippen LogP contribution in [-0.4, -0.2) is 19.3 Å². The zero-order chi connectivity index (χ0) is 11.3. The van der Waals surface area contributed by atoms with Crippen molar-refractivity contribution in [3.05, 3.63) is 23.3 Å². The smallest absolute Gasteiger partial charge is 0.162 e. The first kappa shape index (κ1) is 11.3. The van der Waals surface area contributed by atoms with Gasteiger partial charge in [-0.1, -0.05) is 0 Å². The number of phenols is 1. The molecular formula is C10H12N2O3. The molecule has 0 aliphatic rings. The number of nitriles is 1. The van der Waals surface area contributed by atoms with Crippen LogP contribution in [0.15, 0.2) is 12.1 Å². The molecule has 0 amide bonds. The molecule has 1 aromatic rings. The van der Waals surface area contributed by atoms with Crippen LogP contribution >= 0.6 is 0 Å². The zero-order valence-corrected chi connectivity index (χ0v) is 8.57. The molecule has 0 spiro atoms. The number of nitrogens with zero attached hydrogens (tertiary/aromatic N) is 1. The van der Waals surface area contributed by atoms with E-state index in [4.69, 9.17) is 10.00 Å². The van der Waals surface area contributed by atoms with Gasteiger partial charge in [0.25, 0.3) is 0 Å². The third kappa shape index (κ3) is 2.59. The molecule has 0 bridgehead atoms. The number of aromatic hydroxyl groups is 1. The summed E-state index contributed by atoms with van der Waals surface area (Å²) in [5.41, 5.74) is 3.56. The van der Waals surface area contributed by atoms with Crippen LogP contribution in [0.25, 0.3) is 0 Å². The number of nitrogens with one attached hydrogen (secondary N) is 1. The highest BCUT2D eigenvalue weighted by molar-refractivity contribution is 5.51. The average molecular weight is 208 g/mol. The molecule has 2 N–H and O–H groups in total. The Morgan fingerprint density at radius 1 is 1.47 bits per heavy atom. The second-order valence-corrected chi connectivity index (χ2v) is 2.82. The van der Waals surface area contributed by atoms with Gasteiger partial charge in [0.05, 0.1) is 25.9 Å². The maximum Gasteiger partial charge on any atom is 0.162 e. The first-order chi connectivity index (χ1) is 7.22. The van der Waals surface area contributed by atoms with Crippen molar-refractivity contribution in [3.63, 3.8) is 0 Å². The molecule has 0 radical (unpaired) electrons. The molecule has 0 aromatic heterocycles. The fraction of sp³-hybridized carbons (Fsp3) is 0.300. The summed E-state index contributed by atoms with van der Waals surface area (Å²) in [5.74, 6) is 0.294. The minimum absolute atomic E-state index is 0.0149. The third-order valence-electron chi connectivity index (χ3n) is 1.91. The Balaban J connectivity index is 3.08. The largest absolute Gasteiger partial charge is 0.504 e. The van der Waals surface area contributed by atoms with E-state index in [9.17, 15) is 5.11 Å². The Labute approximate surface area is 87.8 Å². The number of rotatable bonds is 4. The van der Waals surface area contributed by atoms with E-state index >= 15 is 0 Å². The molecule has 0 saturated carbocycles. The summed E-state index contributed by atoms with van der Waals surface area (Å²) in [6.45, 7) is 0.300. The van der Waals surface area contributed by atoms with Gasteiger partial charge < -0.3 is 14.7 Å². The topological polar surface area (TPSA) is 74.5 Å². The minimum Gasteiger partial charge on any atom is -0.504 e. The van der Waals surface area contributed by atoms with Crippen molar-refractivity contribution in [2.45, 2.75) is 6.54 Å². The van der Waals surface area contributed by atoms with Crippen LogP contribution in [0.4, 0.5) is 0 Å². The van der Waals surface area contributed by atoms with Crippen LogP contribution in [0.3, 0.4) is 0 Å². The number of methoxy groups -OCH3 is 1. The maximum absolute atomic E-state index is 9.71. The van der Waals surface area contributed by atoms with E-state index in [1.165, 1.54) is 20.3 Å². The SMILES string of the molecule is CONCc1cc(C#N)cc(OC)c1O. The van der Waals surface area contributed by atoms with Crippen molar-refractivity contribution >= 4 is 0 Å². The summed E-state index contributed by atoms with van der Waals surface area (Å²) in [6, 6.07) is 5.04. The van der Waals surface area contributed by atoms with Crippen LogP contribution < -0.4 is 10.2 Å². The highest BCUT2D eigenvalue weighted by Gasteiger charge is 2.10. The first-order valence-electron chi connectivity index (χ1n) is 4.28. The predicted octanol–water partition coefficient (Wildman–Crippen LogP) is 0.923. The Kier molecular flexibility index (Phi) is 3.92. The molecule has 1 rings (SSSR count). The van der Waals surface area contributed by atoms with Gasteiger partial charge in [-0.25, -0.2) is 0 Å². The van der Waals surface area contributed by atoms with Gasteiger partial charge in [0, 0.05) is 18.2 Å². The van der Waals surface area contributed by atoms with Gasteiger partial charge in [-0.15, -0.1) is 0 Å². The van der Waals surface area contributed by atoms with Crippen molar-refractivity contribution in [1.82, 2.24) is 5.48 Å². The van der Waals surface area contributed by atoms with Gasteiger partial charge >= 0.3 is 0 Å². The molecule has 0 aliphatic heterocycles. The highest BCUT2D eigenvalue weighted by Crippen LogP contribution is 2.31. The van der Waals surface area contributed by atoms with Gasteiger partial charge in [-0.05, 0) is 6.07 Å². The fourth-order valence-corrected chi connectivity index (χ4v) is 1.17. The lowest BCUT2D eigenvalue weighted by molar-refractivity contribution is 0.0860. The molecule has 5 heteroatoms. The fourth-order valence-electron chi connectivity index (χ4n) is 1.17. The molecule has 80 valence electrons. The Morgan fingerprint density at radius 2 is 2.20 bits per heavy atom. The van der Waals surface area contributed by atoms with Crippen LogP contribution in [0.1, 0.15) is 11.1 Å². The van der Waals surface area contributed by atoms with E-state index in [1.54, 1.807) is 6.07 Å². The van der Waals surface area contributed by atoms with Crippen molar-refractivity contribution in [3.8, 4) is 17.6 Å². The lowest BCUT2D eigenvalue weighted by Gasteiger charge is -2.09. The molecule has 0 heterocycles. The van der Waals surface area contributed by atoms with Crippen molar-refractivity contribution in [2.75, 3.05) is 14.2 Å². The molecule has 0 saturated heterocycles. The van der Waals surface area contributed by atoms with Crippen molar-refractivity contribution < 1.29 is 14.7 Å². The van der Waals surface area contributed by atoms with Crippen molar-refractivity contribution in [2.24, 2.45) is 0 Å². The first-order valence-corrected chi connectivity index (χ1v) is 4.28. The lowest BCUT2D eigenvalue weighted by atomic mass is 10.1. The van der Waals surface area contributed by atoms with Crippen LogP contribution in [0.5, 0.6) is 11.5 Å². The van der Waals surface area contributed by atoms with Crippen molar-refractivity contribution in [1.29, 1.82) is 5.26 Å². The summed E-state index contributed by atoms with van der Waals surface area (Å²) in [4.78, 5) is 4.66. The lowest BCUT2D eigenvalue weighted by Crippen LogP contribution is -2.11. The molecule has 0 unspecified atom stereocenters. The number of hydroxylamine groups is 1. The molecule has 5 nitrogen and oxygen atoms in total. The van der Waals surface area contributed by atoms with Crippen LogP contribution in [0, 0.1) is 11.3 Å². The maximum atomic E-state index is 9.71. The molecular weight excluding hydrogens is 196 g/mol. The molecule has 0 atom stereocenters. The number of ether oxygens (including phenoxy) is 1. The summed E-state index contributed by atoms with van der Waals surface area (Å²) >= 11 is 0. The summed E-state index contributed by atoms with van der Waals surface area (Å²) < 4.78 is 4.94. The predicted molar refractivity (Wildman–Crippen MR) is 53.2 cm³/mol. The highest BCUT2D eigenvalue weighted by atomic mass is 16.6.